The molecule has 8 heteroatoms. The van der Waals surface area contributed by atoms with E-state index in [0.717, 1.165) is 11.1 Å². The number of carbonyl (C=O) groups is 3. The summed E-state index contributed by atoms with van der Waals surface area (Å²) in [5, 5.41) is 23.3. The minimum Gasteiger partial charge on any atom is -0.480 e. The molecule has 2 rings (SSSR count). The van der Waals surface area contributed by atoms with Gasteiger partial charge in [-0.25, -0.2) is 9.59 Å². The largest absolute Gasteiger partial charge is 0.480 e. The van der Waals surface area contributed by atoms with Gasteiger partial charge in [0.1, 0.15) is 18.7 Å². The van der Waals surface area contributed by atoms with Gasteiger partial charge in [0.2, 0.25) is 5.91 Å². The summed E-state index contributed by atoms with van der Waals surface area (Å²) in [6.45, 7) is 1.60. The van der Waals surface area contributed by atoms with Crippen molar-refractivity contribution in [2.24, 2.45) is 5.92 Å². The average Bonchev–Trinajstić information content (AvgIpc) is 2.78. The number of carboxylic acid groups (broad SMARTS) is 1. The van der Waals surface area contributed by atoms with Gasteiger partial charge in [0.25, 0.3) is 0 Å². The van der Waals surface area contributed by atoms with Crippen LogP contribution in [0.2, 0.25) is 0 Å². The molecule has 2 aromatic carbocycles. The minimum absolute atomic E-state index is 0.0315. The molecule has 0 aliphatic rings. The Bertz CT molecular complexity index is 912. The van der Waals surface area contributed by atoms with E-state index in [1.54, 1.807) is 43.3 Å². The van der Waals surface area contributed by atoms with Crippen LogP contribution in [0, 0.1) is 17.2 Å². The lowest BCUT2D eigenvalue weighted by Gasteiger charge is -2.22. The summed E-state index contributed by atoms with van der Waals surface area (Å²) in [5.74, 6) is -2.48. The van der Waals surface area contributed by atoms with Crippen molar-refractivity contribution in [3.8, 4) is 6.07 Å². The van der Waals surface area contributed by atoms with Gasteiger partial charge >= 0.3 is 12.1 Å². The quantitative estimate of drug-likeness (QED) is 0.539. The number of rotatable bonds is 10. The molecule has 0 aliphatic carbocycles. The van der Waals surface area contributed by atoms with Gasteiger partial charge in [-0.05, 0) is 24.5 Å². The van der Waals surface area contributed by atoms with Gasteiger partial charge < -0.3 is 20.5 Å². The van der Waals surface area contributed by atoms with Crippen molar-refractivity contribution in [1.29, 1.82) is 5.26 Å². The maximum absolute atomic E-state index is 12.8. The summed E-state index contributed by atoms with van der Waals surface area (Å²) < 4.78 is 5.19. The van der Waals surface area contributed by atoms with Crippen molar-refractivity contribution >= 4 is 18.0 Å². The van der Waals surface area contributed by atoms with Gasteiger partial charge in [0.15, 0.2) is 0 Å². The van der Waals surface area contributed by atoms with E-state index in [1.807, 2.05) is 30.3 Å². The highest BCUT2D eigenvalue weighted by molar-refractivity contribution is 5.89. The van der Waals surface area contributed by atoms with Crippen molar-refractivity contribution in [1.82, 2.24) is 10.6 Å². The van der Waals surface area contributed by atoms with Crippen LogP contribution in [0.1, 0.15) is 24.5 Å². The monoisotopic (exact) mass is 423 g/mol. The van der Waals surface area contributed by atoms with Gasteiger partial charge in [-0.3, -0.25) is 4.79 Å². The lowest BCUT2D eigenvalue weighted by molar-refractivity contribution is -0.142. The fourth-order valence-electron chi connectivity index (χ4n) is 2.87. The highest BCUT2D eigenvalue weighted by Crippen LogP contribution is 2.08. The molecule has 2 aromatic rings. The van der Waals surface area contributed by atoms with Crippen LogP contribution in [0.15, 0.2) is 60.7 Å². The molecule has 0 fully saturated rings. The molecule has 3 atom stereocenters. The standard InChI is InChI=1S/C23H25N3O5/c1-16(14-24)12-20(22(28)29)25-21(27)19(13-17-8-4-2-5-9-17)26-23(30)31-15-18-10-6-3-7-11-18/h2-11,16,19-20H,12-13,15H2,1H3,(H,25,27)(H,26,30)(H,28,29)/t16-,19+,20+/m0/s1. The second-order valence-corrected chi connectivity index (χ2v) is 7.11. The fraction of sp³-hybridized carbons (Fsp3) is 0.304. The lowest BCUT2D eigenvalue weighted by Crippen LogP contribution is -2.52. The number of hydrogen-bond acceptors (Lipinski definition) is 5. The number of carbonyl (C=O) groups excluding carboxylic acids is 2. The third-order valence-electron chi connectivity index (χ3n) is 4.53. The molecule has 0 radical (unpaired) electrons. The molecule has 162 valence electrons. The van der Waals surface area contributed by atoms with E-state index in [4.69, 9.17) is 10.00 Å². The molecular formula is C23H25N3O5. The van der Waals surface area contributed by atoms with Crippen molar-refractivity contribution in [2.45, 2.75) is 38.5 Å². The Hall–Kier alpha value is -3.86. The number of nitrogens with one attached hydrogen (secondary N) is 2. The van der Waals surface area contributed by atoms with E-state index in [9.17, 15) is 19.5 Å². The molecule has 0 aromatic heterocycles. The number of hydrogen-bond donors (Lipinski definition) is 3. The molecule has 0 spiro atoms. The average molecular weight is 423 g/mol. The van der Waals surface area contributed by atoms with E-state index in [-0.39, 0.29) is 19.4 Å². The Morgan fingerprint density at radius 1 is 0.968 bits per heavy atom. The summed E-state index contributed by atoms with van der Waals surface area (Å²) in [6.07, 6.45) is -0.696. The fourth-order valence-corrected chi connectivity index (χ4v) is 2.87. The lowest BCUT2D eigenvalue weighted by atomic mass is 10.0. The maximum Gasteiger partial charge on any atom is 0.408 e. The SMILES string of the molecule is C[C@H](C#N)C[C@@H](NC(=O)[C@@H](Cc1ccccc1)NC(=O)OCc1ccccc1)C(=O)O. The third-order valence-corrected chi connectivity index (χ3v) is 4.53. The van der Waals surface area contributed by atoms with Crippen molar-refractivity contribution in [3.05, 3.63) is 71.8 Å². The van der Waals surface area contributed by atoms with Crippen LogP contribution in [-0.2, 0) is 27.4 Å². The van der Waals surface area contributed by atoms with Crippen LogP contribution in [0.5, 0.6) is 0 Å². The molecule has 3 N–H and O–H groups in total. The number of carboxylic acids is 1. The molecule has 8 nitrogen and oxygen atoms in total. The van der Waals surface area contributed by atoms with Crippen molar-refractivity contribution in [2.75, 3.05) is 0 Å². The molecule has 31 heavy (non-hydrogen) atoms. The summed E-state index contributed by atoms with van der Waals surface area (Å²) in [4.78, 5) is 36.6. The zero-order chi connectivity index (χ0) is 22.6. The number of benzene rings is 2. The predicted molar refractivity (Wildman–Crippen MR) is 113 cm³/mol. The Kier molecular flexibility index (Phi) is 9.05. The van der Waals surface area contributed by atoms with Crippen LogP contribution < -0.4 is 10.6 Å². The molecule has 2 amide bonds. The summed E-state index contributed by atoms with van der Waals surface area (Å²) in [6, 6.07) is 17.7. The Labute approximate surface area is 180 Å². The molecule has 0 saturated carbocycles. The number of nitrogens with zero attached hydrogens (tertiary/aromatic N) is 1. The van der Waals surface area contributed by atoms with Crippen molar-refractivity contribution in [3.63, 3.8) is 0 Å². The predicted octanol–water partition coefficient (Wildman–Crippen LogP) is 2.64. The van der Waals surface area contributed by atoms with Gasteiger partial charge in [-0.2, -0.15) is 5.26 Å². The first-order valence-corrected chi connectivity index (χ1v) is 9.83. The summed E-state index contributed by atoms with van der Waals surface area (Å²) in [5.41, 5.74) is 1.57. The number of alkyl carbamates (subject to hydrolysis) is 1. The van der Waals surface area contributed by atoms with Crippen LogP contribution in [-0.4, -0.2) is 35.2 Å². The number of aliphatic carboxylic acids is 1. The first kappa shape index (κ1) is 23.4. The normalized spacial score (nSPS) is 13.2. The van der Waals surface area contributed by atoms with Crippen LogP contribution in [0.3, 0.4) is 0 Å². The first-order valence-electron chi connectivity index (χ1n) is 9.83. The Morgan fingerprint density at radius 2 is 1.55 bits per heavy atom. The van der Waals surface area contributed by atoms with Gasteiger partial charge in [0.05, 0.1) is 6.07 Å². The summed E-state index contributed by atoms with van der Waals surface area (Å²) in [7, 11) is 0. The van der Waals surface area contributed by atoms with E-state index < -0.39 is 36.0 Å². The second-order valence-electron chi connectivity index (χ2n) is 7.11. The first-order chi connectivity index (χ1) is 14.9. The van der Waals surface area contributed by atoms with Crippen LogP contribution in [0.4, 0.5) is 4.79 Å². The van der Waals surface area contributed by atoms with Gasteiger partial charge in [0, 0.05) is 12.3 Å². The number of ether oxygens (including phenoxy) is 1. The van der Waals surface area contributed by atoms with Crippen LogP contribution >= 0.6 is 0 Å². The van der Waals surface area contributed by atoms with E-state index in [0.29, 0.717) is 0 Å². The summed E-state index contributed by atoms with van der Waals surface area (Å²) >= 11 is 0. The van der Waals surface area contributed by atoms with E-state index in [2.05, 4.69) is 10.6 Å². The molecule has 0 unspecified atom stereocenters. The highest BCUT2D eigenvalue weighted by Gasteiger charge is 2.28. The Morgan fingerprint density at radius 3 is 2.10 bits per heavy atom. The smallest absolute Gasteiger partial charge is 0.408 e. The molecular weight excluding hydrogens is 398 g/mol. The zero-order valence-electron chi connectivity index (χ0n) is 17.2. The third kappa shape index (κ3) is 8.19. The molecule has 0 bridgehead atoms. The molecule has 0 saturated heterocycles. The number of amides is 2. The van der Waals surface area contributed by atoms with Crippen molar-refractivity contribution < 1.29 is 24.2 Å². The van der Waals surface area contributed by atoms with E-state index >= 15 is 0 Å². The highest BCUT2D eigenvalue weighted by atomic mass is 16.5. The van der Waals surface area contributed by atoms with Gasteiger partial charge in [-0.1, -0.05) is 60.7 Å². The van der Waals surface area contributed by atoms with Crippen LogP contribution in [0.25, 0.3) is 0 Å². The minimum atomic E-state index is -1.25. The Balaban J connectivity index is 2.07. The maximum atomic E-state index is 12.8. The van der Waals surface area contributed by atoms with Gasteiger partial charge in [-0.15, -0.1) is 0 Å². The molecule has 0 heterocycles. The molecule has 0 aliphatic heterocycles. The topological polar surface area (TPSA) is 129 Å². The van der Waals surface area contributed by atoms with E-state index in [1.165, 1.54) is 0 Å². The second kappa shape index (κ2) is 12.0. The number of nitriles is 1. The zero-order valence-corrected chi connectivity index (χ0v) is 17.2.